The van der Waals surface area contributed by atoms with Crippen LogP contribution in [0, 0.1) is 0 Å². The molecule has 0 aliphatic carbocycles. The largest absolute Gasteiger partial charge is 0.497 e. The Morgan fingerprint density at radius 1 is 0.800 bits per heavy atom. The molecule has 2 heterocycles. The Labute approximate surface area is 171 Å². The fraction of sp³-hybridized carbons (Fsp3) is 0.0870. The Balaban J connectivity index is 1.91. The van der Waals surface area contributed by atoms with E-state index in [9.17, 15) is 4.79 Å². The third kappa shape index (κ3) is 2.63. The highest BCUT2D eigenvalue weighted by Crippen LogP contribution is 2.28. The molecule has 0 saturated carbocycles. The maximum atomic E-state index is 13.5. The van der Waals surface area contributed by atoms with Gasteiger partial charge in [0.05, 0.1) is 30.8 Å². The van der Waals surface area contributed by atoms with Crippen LogP contribution < -0.4 is 15.0 Å². The summed E-state index contributed by atoms with van der Waals surface area (Å²) >= 11 is 0. The van der Waals surface area contributed by atoms with Crippen molar-refractivity contribution in [2.24, 2.45) is 0 Å². The molecule has 5 rings (SSSR count). The van der Waals surface area contributed by atoms with Gasteiger partial charge in [0.15, 0.2) is 5.82 Å². The molecule has 0 radical (unpaired) electrons. The molecule has 0 aliphatic rings. The van der Waals surface area contributed by atoms with Crippen molar-refractivity contribution in [2.75, 3.05) is 14.2 Å². The van der Waals surface area contributed by atoms with Crippen molar-refractivity contribution in [2.45, 2.75) is 0 Å². The molecule has 0 aliphatic heterocycles. The SMILES string of the molecule is COc1ccc(-c2nnc3n(-c4ccccc4OC)c(=O)c4ccccc4n23)cc1. The van der Waals surface area contributed by atoms with E-state index in [2.05, 4.69) is 10.2 Å². The zero-order chi connectivity index (χ0) is 20.7. The molecular formula is C23H18N4O3. The minimum absolute atomic E-state index is 0.184. The molecule has 3 aromatic carbocycles. The molecule has 2 aromatic heterocycles. The number of methoxy groups -OCH3 is 2. The fourth-order valence-electron chi connectivity index (χ4n) is 3.66. The third-order valence-electron chi connectivity index (χ3n) is 5.10. The zero-order valence-corrected chi connectivity index (χ0v) is 16.4. The van der Waals surface area contributed by atoms with Crippen LogP contribution in [0.25, 0.3) is 33.8 Å². The second-order valence-corrected chi connectivity index (χ2v) is 6.72. The Morgan fingerprint density at radius 3 is 2.30 bits per heavy atom. The van der Waals surface area contributed by atoms with Gasteiger partial charge in [-0.25, -0.2) is 4.57 Å². The molecule has 0 atom stereocenters. The number of ether oxygens (including phenoxy) is 2. The third-order valence-corrected chi connectivity index (χ3v) is 5.10. The van der Waals surface area contributed by atoms with E-state index in [0.29, 0.717) is 28.4 Å². The van der Waals surface area contributed by atoms with Crippen LogP contribution in [0.5, 0.6) is 11.5 Å². The van der Waals surface area contributed by atoms with E-state index in [-0.39, 0.29) is 5.56 Å². The molecule has 0 spiro atoms. The van der Waals surface area contributed by atoms with Gasteiger partial charge in [0.25, 0.3) is 5.56 Å². The summed E-state index contributed by atoms with van der Waals surface area (Å²) in [5.41, 5.74) is 2.02. The first-order chi connectivity index (χ1) is 14.7. The number of nitrogens with zero attached hydrogens (tertiary/aromatic N) is 4. The first-order valence-corrected chi connectivity index (χ1v) is 9.39. The lowest BCUT2D eigenvalue weighted by atomic mass is 10.2. The monoisotopic (exact) mass is 398 g/mol. The second-order valence-electron chi connectivity index (χ2n) is 6.72. The molecule has 0 fully saturated rings. The lowest BCUT2D eigenvalue weighted by Crippen LogP contribution is -2.22. The molecule has 0 N–H and O–H groups in total. The topological polar surface area (TPSA) is 70.7 Å². The zero-order valence-electron chi connectivity index (χ0n) is 16.4. The number of hydrogen-bond donors (Lipinski definition) is 0. The first kappa shape index (κ1) is 17.9. The lowest BCUT2D eigenvalue weighted by molar-refractivity contribution is 0.413. The van der Waals surface area contributed by atoms with Crippen molar-refractivity contribution in [1.29, 1.82) is 0 Å². The highest BCUT2D eigenvalue weighted by molar-refractivity contribution is 5.83. The normalized spacial score (nSPS) is 11.1. The first-order valence-electron chi connectivity index (χ1n) is 9.39. The van der Waals surface area contributed by atoms with Gasteiger partial charge in [0, 0.05) is 5.56 Å². The van der Waals surface area contributed by atoms with E-state index in [1.54, 1.807) is 24.9 Å². The van der Waals surface area contributed by atoms with Gasteiger partial charge in [0.2, 0.25) is 5.78 Å². The van der Waals surface area contributed by atoms with Crippen LogP contribution in [0.3, 0.4) is 0 Å². The molecule has 0 saturated heterocycles. The number of para-hydroxylation sites is 3. The van der Waals surface area contributed by atoms with Gasteiger partial charge in [-0.15, -0.1) is 10.2 Å². The number of hydrogen-bond acceptors (Lipinski definition) is 5. The highest BCUT2D eigenvalue weighted by Gasteiger charge is 2.20. The second kappa shape index (κ2) is 7.04. The molecule has 30 heavy (non-hydrogen) atoms. The van der Waals surface area contributed by atoms with Gasteiger partial charge in [-0.2, -0.15) is 0 Å². The van der Waals surface area contributed by atoms with Crippen LogP contribution in [-0.2, 0) is 0 Å². The lowest BCUT2D eigenvalue weighted by Gasteiger charge is -2.14. The predicted molar refractivity (Wildman–Crippen MR) is 115 cm³/mol. The van der Waals surface area contributed by atoms with Crippen LogP contribution in [-0.4, -0.2) is 33.4 Å². The van der Waals surface area contributed by atoms with Gasteiger partial charge in [-0.1, -0.05) is 24.3 Å². The van der Waals surface area contributed by atoms with Crippen molar-refractivity contribution in [3.8, 4) is 28.6 Å². The Kier molecular flexibility index (Phi) is 4.21. The average Bonchev–Trinajstić information content (AvgIpc) is 3.24. The molecule has 0 bridgehead atoms. The van der Waals surface area contributed by atoms with Crippen molar-refractivity contribution < 1.29 is 9.47 Å². The van der Waals surface area contributed by atoms with Crippen molar-refractivity contribution in [3.05, 3.63) is 83.2 Å². The van der Waals surface area contributed by atoms with Crippen LogP contribution in [0.1, 0.15) is 0 Å². The van der Waals surface area contributed by atoms with Gasteiger partial charge in [-0.3, -0.25) is 9.20 Å². The van der Waals surface area contributed by atoms with E-state index in [4.69, 9.17) is 9.47 Å². The van der Waals surface area contributed by atoms with Gasteiger partial charge < -0.3 is 9.47 Å². The van der Waals surface area contributed by atoms with Crippen LogP contribution in [0.15, 0.2) is 77.6 Å². The van der Waals surface area contributed by atoms with Crippen LogP contribution in [0.2, 0.25) is 0 Å². The minimum atomic E-state index is -0.184. The standard InChI is InChI=1S/C23H18N4O3/c1-29-16-13-11-15(12-14-16)21-24-25-23-26(21)18-8-4-3-7-17(18)22(28)27(23)19-9-5-6-10-20(19)30-2/h3-14H,1-2H3. The fourth-order valence-corrected chi connectivity index (χ4v) is 3.66. The summed E-state index contributed by atoms with van der Waals surface area (Å²) in [6.45, 7) is 0. The maximum Gasteiger partial charge on any atom is 0.267 e. The molecule has 0 unspecified atom stereocenters. The van der Waals surface area contributed by atoms with Crippen molar-refractivity contribution >= 4 is 16.7 Å². The summed E-state index contributed by atoms with van der Waals surface area (Å²) in [6.07, 6.45) is 0. The smallest absolute Gasteiger partial charge is 0.267 e. The summed E-state index contributed by atoms with van der Waals surface area (Å²) in [7, 11) is 3.20. The van der Waals surface area contributed by atoms with E-state index in [1.165, 1.54) is 0 Å². The number of fused-ring (bicyclic) bond motifs is 3. The summed E-state index contributed by atoms with van der Waals surface area (Å²) in [4.78, 5) is 13.5. The number of benzene rings is 3. The number of aromatic nitrogens is 4. The maximum absolute atomic E-state index is 13.5. The van der Waals surface area contributed by atoms with E-state index < -0.39 is 0 Å². The van der Waals surface area contributed by atoms with Crippen LogP contribution in [0.4, 0.5) is 0 Å². The molecule has 7 heteroatoms. The highest BCUT2D eigenvalue weighted by atomic mass is 16.5. The molecule has 7 nitrogen and oxygen atoms in total. The van der Waals surface area contributed by atoms with E-state index in [0.717, 1.165) is 16.8 Å². The Morgan fingerprint density at radius 2 is 1.53 bits per heavy atom. The van der Waals surface area contributed by atoms with E-state index in [1.807, 2.05) is 71.1 Å². The molecule has 5 aromatic rings. The van der Waals surface area contributed by atoms with Gasteiger partial charge >= 0.3 is 0 Å². The average molecular weight is 398 g/mol. The summed E-state index contributed by atoms with van der Waals surface area (Å²) in [5.74, 6) is 2.37. The van der Waals surface area contributed by atoms with Crippen molar-refractivity contribution in [3.63, 3.8) is 0 Å². The van der Waals surface area contributed by atoms with Crippen molar-refractivity contribution in [1.82, 2.24) is 19.2 Å². The molecular weight excluding hydrogens is 380 g/mol. The predicted octanol–water partition coefficient (Wildman–Crippen LogP) is 3.72. The Hall–Kier alpha value is -4.13. The minimum Gasteiger partial charge on any atom is -0.497 e. The van der Waals surface area contributed by atoms with Gasteiger partial charge in [0.1, 0.15) is 11.5 Å². The van der Waals surface area contributed by atoms with Crippen LogP contribution >= 0.6 is 0 Å². The number of rotatable bonds is 4. The van der Waals surface area contributed by atoms with E-state index >= 15 is 0 Å². The molecule has 0 amide bonds. The summed E-state index contributed by atoms with van der Waals surface area (Å²) < 4.78 is 14.2. The molecule has 148 valence electrons. The Bertz CT molecular complexity index is 1440. The quantitative estimate of drug-likeness (QED) is 0.461. The summed E-state index contributed by atoms with van der Waals surface area (Å²) in [6, 6.07) is 22.4. The summed E-state index contributed by atoms with van der Waals surface area (Å²) in [5, 5.41) is 9.38. The van der Waals surface area contributed by atoms with Gasteiger partial charge in [-0.05, 0) is 48.5 Å².